The van der Waals surface area contributed by atoms with Gasteiger partial charge >= 0.3 is 0 Å². The maximum absolute atomic E-state index is 9.54. The highest BCUT2D eigenvalue weighted by atomic mass is 32.1. The summed E-state index contributed by atoms with van der Waals surface area (Å²) >= 11 is 1.65. The van der Waals surface area contributed by atoms with Crippen molar-refractivity contribution in [3.05, 3.63) is 22.4 Å². The van der Waals surface area contributed by atoms with E-state index in [1.165, 1.54) is 4.88 Å². The molecule has 88 valence electrons. The highest BCUT2D eigenvalue weighted by Crippen LogP contribution is 2.09. The maximum Gasteiger partial charge on any atom is 0.0897 e. The molecule has 0 amide bonds. The molecular formula is C12H17NO2S. The molecule has 0 aliphatic heterocycles. The van der Waals surface area contributed by atoms with Crippen molar-refractivity contribution in [2.24, 2.45) is 0 Å². The van der Waals surface area contributed by atoms with E-state index in [0.29, 0.717) is 26.2 Å². The van der Waals surface area contributed by atoms with Gasteiger partial charge in [-0.05, 0) is 11.4 Å². The first-order valence-corrected chi connectivity index (χ1v) is 6.13. The third kappa shape index (κ3) is 5.89. The number of terminal acetylenes is 1. The summed E-state index contributed by atoms with van der Waals surface area (Å²) in [5.41, 5.74) is 0. The van der Waals surface area contributed by atoms with Crippen molar-refractivity contribution in [1.29, 1.82) is 0 Å². The quantitative estimate of drug-likeness (QED) is 0.530. The van der Waals surface area contributed by atoms with Gasteiger partial charge in [0.25, 0.3) is 0 Å². The molecule has 0 aromatic carbocycles. The van der Waals surface area contributed by atoms with E-state index < -0.39 is 6.10 Å². The SMILES string of the molecule is C#CCCNCC(O)COCc1cccs1. The van der Waals surface area contributed by atoms with Crippen molar-refractivity contribution in [3.8, 4) is 12.3 Å². The molecule has 2 N–H and O–H groups in total. The fraction of sp³-hybridized carbons (Fsp3) is 0.500. The molecule has 0 saturated carbocycles. The van der Waals surface area contributed by atoms with E-state index in [4.69, 9.17) is 11.2 Å². The lowest BCUT2D eigenvalue weighted by Gasteiger charge is -2.11. The van der Waals surface area contributed by atoms with Crippen LogP contribution in [0.15, 0.2) is 17.5 Å². The Labute approximate surface area is 100 Å². The van der Waals surface area contributed by atoms with Crippen LogP contribution in [-0.2, 0) is 11.3 Å². The molecule has 1 atom stereocenters. The van der Waals surface area contributed by atoms with Crippen LogP contribution in [0.1, 0.15) is 11.3 Å². The Morgan fingerprint density at radius 3 is 3.19 bits per heavy atom. The van der Waals surface area contributed by atoms with E-state index >= 15 is 0 Å². The standard InChI is InChI=1S/C12H17NO2S/c1-2-3-6-13-8-11(14)9-15-10-12-5-4-7-16-12/h1,4-5,7,11,13-14H,3,6,8-10H2. The summed E-state index contributed by atoms with van der Waals surface area (Å²) in [6.07, 6.45) is 5.31. The number of aliphatic hydroxyl groups excluding tert-OH is 1. The van der Waals surface area contributed by atoms with Crippen LogP contribution in [-0.4, -0.2) is 30.9 Å². The van der Waals surface area contributed by atoms with Gasteiger partial charge in [-0.1, -0.05) is 6.07 Å². The Hall–Kier alpha value is -0.860. The molecule has 0 saturated heterocycles. The van der Waals surface area contributed by atoms with Gasteiger partial charge in [-0.25, -0.2) is 0 Å². The third-order valence-electron chi connectivity index (χ3n) is 1.96. The Kier molecular flexibility index (Phi) is 6.86. The van der Waals surface area contributed by atoms with Crippen LogP contribution >= 0.6 is 11.3 Å². The molecule has 1 unspecified atom stereocenters. The van der Waals surface area contributed by atoms with Gasteiger partial charge in [0, 0.05) is 24.4 Å². The van der Waals surface area contributed by atoms with Gasteiger partial charge in [-0.2, -0.15) is 0 Å². The largest absolute Gasteiger partial charge is 0.389 e. The average Bonchev–Trinajstić information content (AvgIpc) is 2.77. The van der Waals surface area contributed by atoms with E-state index in [9.17, 15) is 5.11 Å². The first-order chi connectivity index (χ1) is 7.83. The zero-order valence-corrected chi connectivity index (χ0v) is 10.0. The van der Waals surface area contributed by atoms with Crippen LogP contribution < -0.4 is 5.32 Å². The minimum absolute atomic E-state index is 0.348. The summed E-state index contributed by atoms with van der Waals surface area (Å²) < 4.78 is 5.38. The van der Waals surface area contributed by atoms with Crippen LogP contribution in [0.5, 0.6) is 0 Å². The lowest BCUT2D eigenvalue weighted by molar-refractivity contribution is 0.0300. The molecule has 0 aliphatic rings. The van der Waals surface area contributed by atoms with Gasteiger partial charge in [-0.15, -0.1) is 23.7 Å². The number of hydrogen-bond donors (Lipinski definition) is 2. The monoisotopic (exact) mass is 239 g/mol. The predicted molar refractivity (Wildman–Crippen MR) is 66.3 cm³/mol. The van der Waals surface area contributed by atoms with Gasteiger partial charge in [0.2, 0.25) is 0 Å². The molecule has 0 aliphatic carbocycles. The normalized spacial score (nSPS) is 12.2. The van der Waals surface area contributed by atoms with Crippen LogP contribution in [0.3, 0.4) is 0 Å². The van der Waals surface area contributed by atoms with Crippen molar-refractivity contribution >= 4 is 11.3 Å². The molecule has 0 fully saturated rings. The summed E-state index contributed by atoms with van der Waals surface area (Å²) in [6, 6.07) is 4.00. The lowest BCUT2D eigenvalue weighted by atomic mass is 10.3. The van der Waals surface area contributed by atoms with E-state index in [1.807, 2.05) is 17.5 Å². The smallest absolute Gasteiger partial charge is 0.0897 e. The molecule has 3 nitrogen and oxygen atoms in total. The Bertz CT molecular complexity index is 305. The number of nitrogens with one attached hydrogen (secondary N) is 1. The van der Waals surface area contributed by atoms with Crippen molar-refractivity contribution in [3.63, 3.8) is 0 Å². The van der Waals surface area contributed by atoms with E-state index in [2.05, 4.69) is 11.2 Å². The van der Waals surface area contributed by atoms with Crippen LogP contribution in [0.4, 0.5) is 0 Å². The summed E-state index contributed by atoms with van der Waals surface area (Å²) in [5.74, 6) is 2.53. The minimum Gasteiger partial charge on any atom is -0.389 e. The second kappa shape index (κ2) is 8.31. The van der Waals surface area contributed by atoms with Gasteiger partial charge < -0.3 is 15.2 Å². The number of hydrogen-bond acceptors (Lipinski definition) is 4. The average molecular weight is 239 g/mol. The minimum atomic E-state index is -0.474. The number of thiophene rings is 1. The summed E-state index contributed by atoms with van der Waals surface area (Å²) in [7, 11) is 0. The van der Waals surface area contributed by atoms with Crippen molar-refractivity contribution in [1.82, 2.24) is 5.32 Å². The van der Waals surface area contributed by atoms with Crippen LogP contribution in [0.2, 0.25) is 0 Å². The predicted octanol–water partition coefficient (Wildman–Crippen LogP) is 1.24. The van der Waals surface area contributed by atoms with Crippen LogP contribution in [0, 0.1) is 12.3 Å². The molecule has 1 aromatic rings. The molecular weight excluding hydrogens is 222 g/mol. The van der Waals surface area contributed by atoms with E-state index in [1.54, 1.807) is 11.3 Å². The summed E-state index contributed by atoms with van der Waals surface area (Å²) in [6.45, 7) is 2.17. The highest BCUT2D eigenvalue weighted by Gasteiger charge is 2.03. The zero-order valence-electron chi connectivity index (χ0n) is 9.19. The second-order valence-electron chi connectivity index (χ2n) is 3.41. The first-order valence-electron chi connectivity index (χ1n) is 5.25. The molecule has 1 heterocycles. The number of ether oxygens (including phenoxy) is 1. The molecule has 16 heavy (non-hydrogen) atoms. The van der Waals surface area contributed by atoms with Crippen LogP contribution in [0.25, 0.3) is 0 Å². The molecule has 1 rings (SSSR count). The molecule has 4 heteroatoms. The fourth-order valence-electron chi connectivity index (χ4n) is 1.18. The van der Waals surface area contributed by atoms with Crippen molar-refractivity contribution in [2.75, 3.05) is 19.7 Å². The number of aliphatic hydroxyl groups is 1. The topological polar surface area (TPSA) is 41.5 Å². The van der Waals surface area contributed by atoms with Gasteiger partial charge in [0.15, 0.2) is 0 Å². The zero-order chi connectivity index (χ0) is 11.6. The summed E-state index contributed by atoms with van der Waals surface area (Å²) in [5, 5.41) is 14.6. The van der Waals surface area contributed by atoms with Gasteiger partial charge in [0.1, 0.15) is 0 Å². The second-order valence-corrected chi connectivity index (χ2v) is 4.44. The van der Waals surface area contributed by atoms with Gasteiger partial charge in [0.05, 0.1) is 19.3 Å². The maximum atomic E-state index is 9.54. The Balaban J connectivity index is 1.98. The molecule has 0 bridgehead atoms. The van der Waals surface area contributed by atoms with Crippen molar-refractivity contribution in [2.45, 2.75) is 19.1 Å². The summed E-state index contributed by atoms with van der Waals surface area (Å²) in [4.78, 5) is 1.17. The lowest BCUT2D eigenvalue weighted by Crippen LogP contribution is -2.30. The Morgan fingerprint density at radius 1 is 1.62 bits per heavy atom. The Morgan fingerprint density at radius 2 is 2.50 bits per heavy atom. The molecule has 0 radical (unpaired) electrons. The molecule has 1 aromatic heterocycles. The van der Waals surface area contributed by atoms with Crippen molar-refractivity contribution < 1.29 is 9.84 Å². The fourth-order valence-corrected chi connectivity index (χ4v) is 1.82. The third-order valence-corrected chi connectivity index (χ3v) is 2.81. The highest BCUT2D eigenvalue weighted by molar-refractivity contribution is 7.09. The molecule has 0 spiro atoms. The van der Waals surface area contributed by atoms with Gasteiger partial charge in [-0.3, -0.25) is 0 Å². The van der Waals surface area contributed by atoms with E-state index in [-0.39, 0.29) is 0 Å². The number of rotatable bonds is 8. The van der Waals surface area contributed by atoms with E-state index in [0.717, 1.165) is 6.54 Å². The first kappa shape index (κ1) is 13.2.